The number of amides is 1. The minimum absolute atomic E-state index is 0.0576. The number of hydrazine groups is 1. The predicted octanol–water partition coefficient (Wildman–Crippen LogP) is 2.43. The van der Waals surface area contributed by atoms with Crippen LogP contribution in [0.25, 0.3) is 0 Å². The highest BCUT2D eigenvalue weighted by Crippen LogP contribution is 2.33. The van der Waals surface area contributed by atoms with Crippen molar-refractivity contribution < 1.29 is 13.2 Å². The maximum absolute atomic E-state index is 12.5. The highest BCUT2D eigenvalue weighted by Gasteiger charge is 2.24. The van der Waals surface area contributed by atoms with E-state index in [0.29, 0.717) is 11.1 Å². The molecule has 136 valence electrons. The van der Waals surface area contributed by atoms with Crippen LogP contribution in [0, 0.1) is 27.7 Å². The summed E-state index contributed by atoms with van der Waals surface area (Å²) in [5.74, 6) is -0.567. The summed E-state index contributed by atoms with van der Waals surface area (Å²) in [4.78, 5) is 13.9. The van der Waals surface area contributed by atoms with Gasteiger partial charge in [0.15, 0.2) is 0 Å². The molecule has 2 rings (SSSR count). The fourth-order valence-corrected chi connectivity index (χ4v) is 4.39. The first-order valence-corrected chi connectivity index (χ1v) is 9.53. The van der Waals surface area contributed by atoms with Gasteiger partial charge in [-0.1, -0.05) is 23.2 Å². The summed E-state index contributed by atoms with van der Waals surface area (Å²) >= 11 is 12.2. The van der Waals surface area contributed by atoms with E-state index in [2.05, 4.69) is 10.5 Å². The van der Waals surface area contributed by atoms with E-state index in [4.69, 9.17) is 23.2 Å². The van der Waals surface area contributed by atoms with Crippen LogP contribution in [0.1, 0.15) is 22.5 Å². The Hall–Kier alpha value is -1.61. The Balaban J connectivity index is 2.17. The SMILES string of the molecule is Cc1cc(C)n(CC(=O)NNS(=O)(=O)c2c(C)c(Cl)cc(C)c2Cl)n1. The molecule has 25 heavy (non-hydrogen) atoms. The zero-order valence-electron chi connectivity index (χ0n) is 14.1. The highest BCUT2D eigenvalue weighted by atomic mass is 35.5. The van der Waals surface area contributed by atoms with Crippen LogP contribution in [0.3, 0.4) is 0 Å². The fourth-order valence-electron chi connectivity index (χ4n) is 2.32. The minimum atomic E-state index is -4.09. The maximum atomic E-state index is 12.5. The first-order chi connectivity index (χ1) is 11.5. The van der Waals surface area contributed by atoms with Crippen molar-refractivity contribution in [3.63, 3.8) is 0 Å². The second kappa shape index (κ2) is 7.33. The van der Waals surface area contributed by atoms with E-state index in [0.717, 1.165) is 11.4 Å². The predicted molar refractivity (Wildman–Crippen MR) is 96.1 cm³/mol. The fraction of sp³-hybridized carbons (Fsp3) is 0.333. The van der Waals surface area contributed by atoms with Gasteiger partial charge in [-0.25, -0.2) is 8.42 Å². The largest absolute Gasteiger partial charge is 0.276 e. The lowest BCUT2D eigenvalue weighted by Gasteiger charge is -2.14. The van der Waals surface area contributed by atoms with Crippen molar-refractivity contribution in [2.75, 3.05) is 0 Å². The van der Waals surface area contributed by atoms with Gasteiger partial charge in [0, 0.05) is 10.7 Å². The third kappa shape index (κ3) is 4.33. The second-order valence-corrected chi connectivity index (χ2v) is 8.09. The number of halogens is 2. The summed E-state index contributed by atoms with van der Waals surface area (Å²) in [6, 6.07) is 3.40. The number of hydrogen-bond donors (Lipinski definition) is 2. The molecule has 7 nitrogen and oxygen atoms in total. The van der Waals surface area contributed by atoms with Crippen LogP contribution < -0.4 is 10.3 Å². The summed E-state index contributed by atoms with van der Waals surface area (Å²) in [6.45, 7) is 6.67. The van der Waals surface area contributed by atoms with Gasteiger partial charge in [-0.3, -0.25) is 14.9 Å². The molecule has 0 bridgehead atoms. The number of aromatic nitrogens is 2. The van der Waals surface area contributed by atoms with Gasteiger partial charge >= 0.3 is 0 Å². The summed E-state index contributed by atoms with van der Waals surface area (Å²) in [6.07, 6.45) is 0. The van der Waals surface area contributed by atoms with Gasteiger partial charge in [-0.15, -0.1) is 4.83 Å². The average Bonchev–Trinajstić information content (AvgIpc) is 2.81. The Morgan fingerprint density at radius 3 is 2.40 bits per heavy atom. The van der Waals surface area contributed by atoms with E-state index in [9.17, 15) is 13.2 Å². The van der Waals surface area contributed by atoms with Crippen molar-refractivity contribution in [3.8, 4) is 0 Å². The molecule has 10 heteroatoms. The van der Waals surface area contributed by atoms with E-state index in [1.807, 2.05) is 10.9 Å². The van der Waals surface area contributed by atoms with E-state index >= 15 is 0 Å². The Bertz CT molecular complexity index is 912. The van der Waals surface area contributed by atoms with Crippen molar-refractivity contribution in [2.24, 2.45) is 0 Å². The zero-order valence-corrected chi connectivity index (χ0v) is 16.5. The van der Waals surface area contributed by atoms with Crippen LogP contribution in [-0.4, -0.2) is 24.1 Å². The number of sulfonamides is 1. The van der Waals surface area contributed by atoms with Crippen molar-refractivity contribution in [3.05, 3.63) is 44.7 Å². The van der Waals surface area contributed by atoms with Crippen molar-refractivity contribution in [1.82, 2.24) is 20.0 Å². The van der Waals surface area contributed by atoms with Crippen LogP contribution in [0.15, 0.2) is 17.0 Å². The second-order valence-electron chi connectivity index (χ2n) is 5.68. The molecule has 1 amide bonds. The maximum Gasteiger partial charge on any atom is 0.259 e. The molecule has 0 fully saturated rings. The van der Waals surface area contributed by atoms with Crippen molar-refractivity contribution >= 4 is 39.1 Å². The van der Waals surface area contributed by atoms with Crippen LogP contribution in [0.2, 0.25) is 10.0 Å². The molecule has 0 aliphatic heterocycles. The Morgan fingerprint density at radius 2 is 1.84 bits per heavy atom. The van der Waals surface area contributed by atoms with Crippen molar-refractivity contribution in [2.45, 2.75) is 39.1 Å². The third-order valence-corrected chi connectivity index (χ3v) is 5.99. The molecule has 0 radical (unpaired) electrons. The van der Waals surface area contributed by atoms with E-state index in [-0.39, 0.29) is 21.5 Å². The molecule has 0 atom stereocenters. The molecule has 1 aromatic heterocycles. The average molecular weight is 405 g/mol. The van der Waals surface area contributed by atoms with Gasteiger partial charge < -0.3 is 0 Å². The van der Waals surface area contributed by atoms with Crippen molar-refractivity contribution in [1.29, 1.82) is 0 Å². The minimum Gasteiger partial charge on any atom is -0.276 e. The Kier molecular flexibility index (Phi) is 5.78. The van der Waals surface area contributed by atoms with Gasteiger partial charge in [0.1, 0.15) is 11.4 Å². The summed E-state index contributed by atoms with van der Waals surface area (Å²) in [5.41, 5.74) is 4.54. The van der Waals surface area contributed by atoms with E-state index in [1.165, 1.54) is 4.68 Å². The molecule has 2 aromatic rings. The van der Waals surface area contributed by atoms with Gasteiger partial charge in [-0.2, -0.15) is 5.10 Å². The molecule has 0 aliphatic carbocycles. The molecular weight excluding hydrogens is 387 g/mol. The lowest BCUT2D eigenvalue weighted by molar-refractivity contribution is -0.122. The number of carbonyl (C=O) groups is 1. The summed E-state index contributed by atoms with van der Waals surface area (Å²) in [5, 5.41) is 4.48. The number of nitrogens with zero attached hydrogens (tertiary/aromatic N) is 2. The van der Waals surface area contributed by atoms with Crippen LogP contribution in [0.5, 0.6) is 0 Å². The number of hydrogen-bond acceptors (Lipinski definition) is 4. The van der Waals surface area contributed by atoms with Crippen LogP contribution in [-0.2, 0) is 21.4 Å². The Labute approximate surface area is 156 Å². The molecule has 1 aromatic carbocycles. The Morgan fingerprint density at radius 1 is 1.20 bits per heavy atom. The van der Waals surface area contributed by atoms with Gasteiger partial charge in [0.2, 0.25) is 0 Å². The standard InChI is InChI=1S/C15H18Cl2N4O3S/c1-8-5-12(16)11(4)15(14(8)17)25(23,24)20-18-13(22)7-21-10(3)6-9(2)19-21/h5-6,20H,7H2,1-4H3,(H,18,22). The number of benzene rings is 1. The lowest BCUT2D eigenvalue weighted by atomic mass is 10.2. The van der Waals surface area contributed by atoms with E-state index < -0.39 is 15.9 Å². The monoisotopic (exact) mass is 404 g/mol. The molecule has 0 spiro atoms. The van der Waals surface area contributed by atoms with Gasteiger partial charge in [-0.05, 0) is 51.0 Å². The number of carbonyl (C=O) groups excluding carboxylic acids is 1. The smallest absolute Gasteiger partial charge is 0.259 e. The zero-order chi connectivity index (χ0) is 18.9. The first kappa shape index (κ1) is 19.7. The molecular formula is C15H18Cl2N4O3S. The molecule has 0 unspecified atom stereocenters. The number of rotatable bonds is 5. The molecule has 2 N–H and O–H groups in total. The lowest BCUT2D eigenvalue weighted by Crippen LogP contribution is -2.43. The quantitative estimate of drug-likeness (QED) is 0.748. The number of aryl methyl sites for hydroxylation is 3. The third-order valence-electron chi connectivity index (χ3n) is 3.58. The molecule has 0 saturated heterocycles. The first-order valence-electron chi connectivity index (χ1n) is 7.30. The van der Waals surface area contributed by atoms with E-state index in [1.54, 1.807) is 33.8 Å². The molecule has 0 saturated carbocycles. The topological polar surface area (TPSA) is 93.1 Å². The van der Waals surface area contributed by atoms with Gasteiger partial charge in [0.25, 0.3) is 15.9 Å². The summed E-state index contributed by atoms with van der Waals surface area (Å²) in [7, 11) is -4.09. The summed E-state index contributed by atoms with van der Waals surface area (Å²) < 4.78 is 26.5. The normalized spacial score (nSPS) is 11.6. The number of nitrogens with one attached hydrogen (secondary N) is 2. The molecule has 1 heterocycles. The van der Waals surface area contributed by atoms with Crippen LogP contribution in [0.4, 0.5) is 0 Å². The van der Waals surface area contributed by atoms with Crippen LogP contribution >= 0.6 is 23.2 Å². The highest BCUT2D eigenvalue weighted by molar-refractivity contribution is 7.89. The van der Waals surface area contributed by atoms with Gasteiger partial charge in [0.05, 0.1) is 10.7 Å². The molecule has 0 aliphatic rings.